The summed E-state index contributed by atoms with van der Waals surface area (Å²) in [6.45, 7) is 0. The summed E-state index contributed by atoms with van der Waals surface area (Å²) in [5, 5.41) is 6.50. The molecule has 0 fully saturated rings. The van der Waals surface area contributed by atoms with E-state index in [4.69, 9.17) is 5.73 Å². The van der Waals surface area contributed by atoms with Crippen molar-refractivity contribution >= 4 is 16.6 Å². The molecule has 2 aromatic rings. The zero-order valence-corrected chi connectivity index (χ0v) is 6.89. The molecule has 0 aliphatic heterocycles. The van der Waals surface area contributed by atoms with Crippen LogP contribution in [0.25, 0.3) is 10.9 Å². The minimum atomic E-state index is -4.38. The fourth-order valence-corrected chi connectivity index (χ4v) is 1.25. The SMILES string of the molecule is Nc1cc(C(F)(F)F)cc2cn[nH]c12. The minimum absolute atomic E-state index is 0.0484. The van der Waals surface area contributed by atoms with E-state index < -0.39 is 11.7 Å². The van der Waals surface area contributed by atoms with E-state index in [1.54, 1.807) is 0 Å². The summed E-state index contributed by atoms with van der Waals surface area (Å²) in [6, 6.07) is 1.90. The molecule has 3 nitrogen and oxygen atoms in total. The topological polar surface area (TPSA) is 54.7 Å². The van der Waals surface area contributed by atoms with E-state index >= 15 is 0 Å². The Labute approximate surface area is 76.7 Å². The number of nitrogens with two attached hydrogens (primary N) is 1. The van der Waals surface area contributed by atoms with Crippen LogP contribution in [0.1, 0.15) is 5.56 Å². The number of hydrogen-bond donors (Lipinski definition) is 2. The van der Waals surface area contributed by atoms with Crippen molar-refractivity contribution in [2.75, 3.05) is 5.73 Å². The van der Waals surface area contributed by atoms with Crippen LogP contribution in [0.15, 0.2) is 18.3 Å². The third kappa shape index (κ3) is 1.28. The van der Waals surface area contributed by atoms with Crippen molar-refractivity contribution in [3.05, 3.63) is 23.9 Å². The van der Waals surface area contributed by atoms with Gasteiger partial charge in [0, 0.05) is 5.39 Å². The third-order valence-electron chi connectivity index (χ3n) is 1.91. The van der Waals surface area contributed by atoms with E-state index in [9.17, 15) is 13.2 Å². The van der Waals surface area contributed by atoms with Gasteiger partial charge in [-0.2, -0.15) is 18.3 Å². The van der Waals surface area contributed by atoms with Crippen LogP contribution in [0.3, 0.4) is 0 Å². The number of rotatable bonds is 0. The number of aromatic amines is 1. The molecule has 14 heavy (non-hydrogen) atoms. The number of benzene rings is 1. The number of H-pyrrole nitrogens is 1. The molecule has 0 aliphatic rings. The van der Waals surface area contributed by atoms with E-state index in [0.717, 1.165) is 12.1 Å². The van der Waals surface area contributed by atoms with Gasteiger partial charge in [-0.05, 0) is 12.1 Å². The number of alkyl halides is 3. The van der Waals surface area contributed by atoms with Crippen LogP contribution in [0, 0.1) is 0 Å². The highest BCUT2D eigenvalue weighted by Crippen LogP contribution is 2.33. The van der Waals surface area contributed by atoms with Gasteiger partial charge in [0.15, 0.2) is 0 Å². The third-order valence-corrected chi connectivity index (χ3v) is 1.91. The molecule has 2 rings (SSSR count). The number of fused-ring (bicyclic) bond motifs is 1. The lowest BCUT2D eigenvalue weighted by Gasteiger charge is -2.07. The van der Waals surface area contributed by atoms with Gasteiger partial charge in [0.1, 0.15) is 0 Å². The zero-order valence-electron chi connectivity index (χ0n) is 6.89. The van der Waals surface area contributed by atoms with Gasteiger partial charge >= 0.3 is 6.18 Å². The summed E-state index contributed by atoms with van der Waals surface area (Å²) in [5.41, 5.74) is 5.14. The molecular weight excluding hydrogens is 195 g/mol. The highest BCUT2D eigenvalue weighted by Gasteiger charge is 2.31. The number of nitrogens with one attached hydrogen (secondary N) is 1. The van der Waals surface area contributed by atoms with Crippen LogP contribution in [0.4, 0.5) is 18.9 Å². The lowest BCUT2D eigenvalue weighted by molar-refractivity contribution is -0.137. The second kappa shape index (κ2) is 2.63. The van der Waals surface area contributed by atoms with Crippen molar-refractivity contribution in [1.29, 1.82) is 0 Å². The van der Waals surface area contributed by atoms with Crippen molar-refractivity contribution in [3.8, 4) is 0 Å². The number of anilines is 1. The Morgan fingerprint density at radius 1 is 1.29 bits per heavy atom. The van der Waals surface area contributed by atoms with Gasteiger partial charge < -0.3 is 5.73 Å². The summed E-state index contributed by atoms with van der Waals surface area (Å²) in [4.78, 5) is 0. The first kappa shape index (κ1) is 8.86. The first-order valence-corrected chi connectivity index (χ1v) is 3.78. The van der Waals surface area contributed by atoms with Gasteiger partial charge in [0.05, 0.1) is 23.0 Å². The van der Waals surface area contributed by atoms with E-state index in [1.165, 1.54) is 6.20 Å². The van der Waals surface area contributed by atoms with Crippen LogP contribution in [0.2, 0.25) is 0 Å². The normalized spacial score (nSPS) is 12.2. The van der Waals surface area contributed by atoms with E-state index in [2.05, 4.69) is 10.2 Å². The van der Waals surface area contributed by atoms with Gasteiger partial charge in [0.2, 0.25) is 0 Å². The Morgan fingerprint density at radius 2 is 2.00 bits per heavy atom. The Kier molecular flexibility index (Phi) is 1.67. The average molecular weight is 201 g/mol. The summed E-state index contributed by atoms with van der Waals surface area (Å²) < 4.78 is 36.9. The summed E-state index contributed by atoms with van der Waals surface area (Å²) in [5.74, 6) is 0. The van der Waals surface area contributed by atoms with Crippen molar-refractivity contribution in [2.24, 2.45) is 0 Å². The molecule has 1 heterocycles. The zero-order chi connectivity index (χ0) is 10.3. The molecule has 0 saturated carbocycles. The van der Waals surface area contributed by atoms with Crippen molar-refractivity contribution < 1.29 is 13.2 Å². The maximum absolute atomic E-state index is 12.3. The molecule has 1 aromatic carbocycles. The van der Waals surface area contributed by atoms with Gasteiger partial charge in [-0.25, -0.2) is 0 Å². The van der Waals surface area contributed by atoms with E-state index in [-0.39, 0.29) is 5.69 Å². The molecule has 0 atom stereocenters. The van der Waals surface area contributed by atoms with Crippen LogP contribution in [0.5, 0.6) is 0 Å². The summed E-state index contributed by atoms with van der Waals surface area (Å²) in [7, 11) is 0. The molecule has 3 N–H and O–H groups in total. The van der Waals surface area contributed by atoms with Crippen molar-refractivity contribution in [1.82, 2.24) is 10.2 Å². The van der Waals surface area contributed by atoms with Crippen LogP contribution in [-0.2, 0) is 6.18 Å². The lowest BCUT2D eigenvalue weighted by Crippen LogP contribution is -2.05. The summed E-state index contributed by atoms with van der Waals surface area (Å²) >= 11 is 0. The highest BCUT2D eigenvalue weighted by atomic mass is 19.4. The molecule has 6 heteroatoms. The van der Waals surface area contributed by atoms with Gasteiger partial charge in [-0.15, -0.1) is 0 Å². The van der Waals surface area contributed by atoms with Crippen molar-refractivity contribution in [2.45, 2.75) is 6.18 Å². The molecule has 0 unspecified atom stereocenters. The first-order chi connectivity index (χ1) is 6.48. The molecule has 0 aliphatic carbocycles. The second-order valence-corrected chi connectivity index (χ2v) is 2.90. The monoisotopic (exact) mass is 201 g/mol. The Morgan fingerprint density at radius 3 is 2.64 bits per heavy atom. The van der Waals surface area contributed by atoms with Gasteiger partial charge in [-0.3, -0.25) is 5.10 Å². The number of hydrogen-bond acceptors (Lipinski definition) is 2. The van der Waals surface area contributed by atoms with E-state index in [0.29, 0.717) is 10.9 Å². The van der Waals surface area contributed by atoms with Gasteiger partial charge in [0.25, 0.3) is 0 Å². The molecule has 0 radical (unpaired) electrons. The molecule has 0 bridgehead atoms. The number of aromatic nitrogens is 2. The summed E-state index contributed by atoms with van der Waals surface area (Å²) in [6.07, 6.45) is -3.07. The highest BCUT2D eigenvalue weighted by molar-refractivity contribution is 5.89. The molecule has 0 saturated heterocycles. The predicted octanol–water partition coefficient (Wildman–Crippen LogP) is 2.16. The first-order valence-electron chi connectivity index (χ1n) is 3.78. The second-order valence-electron chi connectivity index (χ2n) is 2.90. The minimum Gasteiger partial charge on any atom is -0.397 e. The maximum atomic E-state index is 12.3. The van der Waals surface area contributed by atoms with Crippen LogP contribution < -0.4 is 5.73 Å². The van der Waals surface area contributed by atoms with Gasteiger partial charge in [-0.1, -0.05) is 0 Å². The van der Waals surface area contributed by atoms with Crippen molar-refractivity contribution in [3.63, 3.8) is 0 Å². The van der Waals surface area contributed by atoms with Crippen LogP contribution >= 0.6 is 0 Å². The Bertz CT molecular complexity index is 472. The Balaban J connectivity index is 2.70. The predicted molar refractivity (Wildman–Crippen MR) is 45.5 cm³/mol. The quantitative estimate of drug-likeness (QED) is 0.641. The number of nitrogens with zero attached hydrogens (tertiary/aromatic N) is 1. The fraction of sp³-hybridized carbons (Fsp3) is 0.125. The number of nitrogen functional groups attached to an aromatic ring is 1. The standard InChI is InChI=1S/C8H6F3N3/c9-8(10,11)5-1-4-3-13-14-7(4)6(12)2-5/h1-3H,12H2,(H,13,14). The largest absolute Gasteiger partial charge is 0.416 e. The molecule has 0 amide bonds. The molecular formula is C8H6F3N3. The van der Waals surface area contributed by atoms with Crippen LogP contribution in [-0.4, -0.2) is 10.2 Å². The molecule has 1 aromatic heterocycles. The maximum Gasteiger partial charge on any atom is 0.416 e. The Hall–Kier alpha value is -1.72. The molecule has 0 spiro atoms. The average Bonchev–Trinajstić information content (AvgIpc) is 2.50. The number of halogens is 3. The van der Waals surface area contributed by atoms with E-state index in [1.807, 2.05) is 0 Å². The fourth-order valence-electron chi connectivity index (χ4n) is 1.25. The lowest BCUT2D eigenvalue weighted by atomic mass is 10.1. The smallest absolute Gasteiger partial charge is 0.397 e. The molecule has 74 valence electrons.